The average molecular weight is 266 g/mol. The lowest BCUT2D eigenvalue weighted by atomic mass is 10.1. The largest absolute Gasteiger partial charge is 0.394 e. The SMILES string of the molecule is O=C(CBr)N1CCC(OCCO)CC1. The molecule has 1 aliphatic heterocycles. The van der Waals surface area contributed by atoms with Crippen LogP contribution in [0.1, 0.15) is 12.8 Å². The first-order valence-electron chi connectivity index (χ1n) is 4.84. The Morgan fingerprint density at radius 1 is 1.50 bits per heavy atom. The van der Waals surface area contributed by atoms with Gasteiger partial charge < -0.3 is 14.7 Å². The van der Waals surface area contributed by atoms with Crippen molar-refractivity contribution in [3.8, 4) is 0 Å². The highest BCUT2D eigenvalue weighted by Gasteiger charge is 2.21. The summed E-state index contributed by atoms with van der Waals surface area (Å²) in [5, 5.41) is 8.98. The van der Waals surface area contributed by atoms with Crippen molar-refractivity contribution in [2.24, 2.45) is 0 Å². The average Bonchev–Trinajstić information content (AvgIpc) is 2.26. The number of aliphatic hydroxyl groups excluding tert-OH is 1. The van der Waals surface area contributed by atoms with E-state index in [-0.39, 0.29) is 18.6 Å². The maximum atomic E-state index is 11.3. The molecule has 0 spiro atoms. The molecule has 0 radical (unpaired) electrons. The van der Waals surface area contributed by atoms with E-state index in [4.69, 9.17) is 9.84 Å². The first-order valence-corrected chi connectivity index (χ1v) is 5.96. The number of nitrogens with zero attached hydrogens (tertiary/aromatic N) is 1. The van der Waals surface area contributed by atoms with E-state index >= 15 is 0 Å². The predicted molar refractivity (Wildman–Crippen MR) is 56.4 cm³/mol. The van der Waals surface area contributed by atoms with Crippen LogP contribution in [-0.4, -0.2) is 53.7 Å². The fraction of sp³-hybridized carbons (Fsp3) is 0.889. The van der Waals surface area contributed by atoms with Crippen LogP contribution in [0.5, 0.6) is 0 Å². The first-order chi connectivity index (χ1) is 6.77. The van der Waals surface area contributed by atoms with Crippen LogP contribution in [0.3, 0.4) is 0 Å². The van der Waals surface area contributed by atoms with Crippen molar-refractivity contribution in [1.29, 1.82) is 0 Å². The quantitative estimate of drug-likeness (QED) is 0.748. The molecule has 0 unspecified atom stereocenters. The van der Waals surface area contributed by atoms with Crippen LogP contribution in [0.25, 0.3) is 0 Å². The van der Waals surface area contributed by atoms with Crippen LogP contribution in [0, 0.1) is 0 Å². The van der Waals surface area contributed by atoms with E-state index in [0.717, 1.165) is 25.9 Å². The summed E-state index contributed by atoms with van der Waals surface area (Å²) in [6, 6.07) is 0. The minimum Gasteiger partial charge on any atom is -0.394 e. The second kappa shape index (κ2) is 6.37. The summed E-state index contributed by atoms with van der Waals surface area (Å²) < 4.78 is 5.39. The van der Waals surface area contributed by atoms with Gasteiger partial charge in [-0.25, -0.2) is 0 Å². The Labute approximate surface area is 92.3 Å². The van der Waals surface area contributed by atoms with Crippen molar-refractivity contribution in [3.05, 3.63) is 0 Å². The molecule has 1 heterocycles. The molecule has 0 saturated carbocycles. The lowest BCUT2D eigenvalue weighted by Gasteiger charge is -2.31. The van der Waals surface area contributed by atoms with Gasteiger partial charge in [0.15, 0.2) is 0 Å². The van der Waals surface area contributed by atoms with Gasteiger partial charge in [-0.2, -0.15) is 0 Å². The molecule has 4 nitrogen and oxygen atoms in total. The van der Waals surface area contributed by atoms with E-state index in [1.807, 2.05) is 4.90 Å². The van der Waals surface area contributed by atoms with Crippen molar-refractivity contribution in [2.75, 3.05) is 31.6 Å². The van der Waals surface area contributed by atoms with Crippen molar-refractivity contribution in [3.63, 3.8) is 0 Å². The van der Waals surface area contributed by atoms with Gasteiger partial charge in [0.25, 0.3) is 0 Å². The number of alkyl halides is 1. The Morgan fingerprint density at radius 2 is 2.14 bits per heavy atom. The molecule has 82 valence electrons. The molecule has 0 bridgehead atoms. The van der Waals surface area contributed by atoms with Gasteiger partial charge in [-0.05, 0) is 12.8 Å². The van der Waals surface area contributed by atoms with E-state index < -0.39 is 0 Å². The molecular weight excluding hydrogens is 250 g/mol. The van der Waals surface area contributed by atoms with E-state index in [1.165, 1.54) is 0 Å². The number of amides is 1. The number of likely N-dealkylation sites (tertiary alicyclic amines) is 1. The van der Waals surface area contributed by atoms with E-state index in [0.29, 0.717) is 11.9 Å². The lowest BCUT2D eigenvalue weighted by molar-refractivity contribution is -0.131. The summed E-state index contributed by atoms with van der Waals surface area (Å²) in [6.45, 7) is 2.00. The molecule has 1 amide bonds. The maximum Gasteiger partial charge on any atom is 0.233 e. The zero-order chi connectivity index (χ0) is 10.4. The lowest BCUT2D eigenvalue weighted by Crippen LogP contribution is -2.41. The Morgan fingerprint density at radius 3 is 2.64 bits per heavy atom. The summed E-state index contributed by atoms with van der Waals surface area (Å²) in [6.07, 6.45) is 1.96. The number of piperidine rings is 1. The minimum absolute atomic E-state index is 0.0700. The van der Waals surface area contributed by atoms with Crippen LogP contribution >= 0.6 is 15.9 Å². The highest BCUT2D eigenvalue weighted by molar-refractivity contribution is 9.09. The zero-order valence-electron chi connectivity index (χ0n) is 8.12. The third kappa shape index (κ3) is 3.55. The van der Waals surface area contributed by atoms with Gasteiger partial charge in [0, 0.05) is 13.1 Å². The van der Waals surface area contributed by atoms with Gasteiger partial charge in [-0.15, -0.1) is 0 Å². The fourth-order valence-electron chi connectivity index (χ4n) is 1.58. The number of carbonyl (C=O) groups is 1. The number of rotatable bonds is 4. The molecule has 0 aromatic rings. The topological polar surface area (TPSA) is 49.8 Å². The molecule has 0 aromatic heterocycles. The second-order valence-electron chi connectivity index (χ2n) is 3.31. The molecule has 5 heteroatoms. The summed E-state index contributed by atoms with van der Waals surface area (Å²) in [7, 11) is 0. The van der Waals surface area contributed by atoms with Crippen molar-refractivity contribution in [2.45, 2.75) is 18.9 Å². The predicted octanol–water partition coefficient (Wildman–Crippen LogP) is 0.381. The third-order valence-electron chi connectivity index (χ3n) is 2.35. The first kappa shape index (κ1) is 11.9. The van der Waals surface area contributed by atoms with Crippen molar-refractivity contribution in [1.82, 2.24) is 4.90 Å². The van der Waals surface area contributed by atoms with Crippen molar-refractivity contribution >= 4 is 21.8 Å². The van der Waals surface area contributed by atoms with E-state index in [1.54, 1.807) is 0 Å². The van der Waals surface area contributed by atoms with E-state index in [2.05, 4.69) is 15.9 Å². The Hall–Kier alpha value is -0.130. The van der Waals surface area contributed by atoms with Crippen LogP contribution in [-0.2, 0) is 9.53 Å². The molecule has 1 aliphatic rings. The second-order valence-corrected chi connectivity index (χ2v) is 3.87. The fourth-order valence-corrected chi connectivity index (χ4v) is 1.93. The Bertz CT molecular complexity index is 181. The summed E-state index contributed by atoms with van der Waals surface area (Å²) >= 11 is 3.15. The number of hydrogen-bond donors (Lipinski definition) is 1. The van der Waals surface area contributed by atoms with Gasteiger partial charge in [0.05, 0.1) is 24.6 Å². The van der Waals surface area contributed by atoms with Crippen molar-refractivity contribution < 1.29 is 14.6 Å². The summed E-state index contributed by atoms with van der Waals surface area (Å²) in [4.78, 5) is 13.1. The summed E-state index contributed by atoms with van der Waals surface area (Å²) in [5.74, 6) is 0.144. The highest BCUT2D eigenvalue weighted by Crippen LogP contribution is 2.13. The van der Waals surface area contributed by atoms with Gasteiger partial charge in [0.1, 0.15) is 0 Å². The number of aliphatic hydroxyl groups is 1. The van der Waals surface area contributed by atoms with Gasteiger partial charge in [-0.3, -0.25) is 4.79 Å². The Balaban J connectivity index is 2.20. The minimum atomic E-state index is 0.0700. The third-order valence-corrected chi connectivity index (χ3v) is 2.83. The molecule has 0 aliphatic carbocycles. The standard InChI is InChI=1S/C9H16BrNO3/c10-7-9(13)11-3-1-8(2-4-11)14-6-5-12/h8,12H,1-7H2. The molecule has 14 heavy (non-hydrogen) atoms. The van der Waals surface area contributed by atoms with Crippen LogP contribution < -0.4 is 0 Å². The molecule has 0 atom stereocenters. The molecule has 1 fully saturated rings. The normalized spacial score (nSPS) is 18.6. The van der Waals surface area contributed by atoms with Crippen LogP contribution in [0.15, 0.2) is 0 Å². The van der Waals surface area contributed by atoms with Crippen LogP contribution in [0.4, 0.5) is 0 Å². The number of carbonyl (C=O) groups excluding carboxylic acids is 1. The van der Waals surface area contributed by atoms with Gasteiger partial charge >= 0.3 is 0 Å². The number of halogens is 1. The molecule has 1 rings (SSSR count). The van der Waals surface area contributed by atoms with Crippen LogP contribution in [0.2, 0.25) is 0 Å². The van der Waals surface area contributed by atoms with Gasteiger partial charge in [-0.1, -0.05) is 15.9 Å². The molecule has 1 N–H and O–H groups in total. The van der Waals surface area contributed by atoms with E-state index in [9.17, 15) is 4.79 Å². The summed E-state index contributed by atoms with van der Waals surface area (Å²) in [5.41, 5.74) is 0. The monoisotopic (exact) mass is 265 g/mol. The van der Waals surface area contributed by atoms with Gasteiger partial charge in [0.2, 0.25) is 5.91 Å². The Kier molecular flexibility index (Phi) is 5.44. The highest BCUT2D eigenvalue weighted by atomic mass is 79.9. The number of ether oxygens (including phenoxy) is 1. The smallest absolute Gasteiger partial charge is 0.233 e. The zero-order valence-corrected chi connectivity index (χ0v) is 9.70. The molecule has 1 saturated heterocycles. The molecular formula is C9H16BrNO3. The molecule has 0 aromatic carbocycles. The maximum absolute atomic E-state index is 11.3. The number of hydrogen-bond acceptors (Lipinski definition) is 3.